The second-order valence-electron chi connectivity index (χ2n) is 4.25. The number of nitrogens with zero attached hydrogens (tertiary/aromatic N) is 2. The van der Waals surface area contributed by atoms with Gasteiger partial charge in [-0.25, -0.2) is 0 Å². The van der Waals surface area contributed by atoms with Gasteiger partial charge in [0.25, 0.3) is 0 Å². The van der Waals surface area contributed by atoms with Crippen LogP contribution in [0.1, 0.15) is 27.7 Å². The molecular formula is C13H17N3S. The monoisotopic (exact) mass is 247 g/mol. The summed E-state index contributed by atoms with van der Waals surface area (Å²) in [4.78, 5) is 1.23. The van der Waals surface area contributed by atoms with Gasteiger partial charge < -0.3 is 5.32 Å². The molecule has 2 aromatic rings. The summed E-state index contributed by atoms with van der Waals surface area (Å²) in [6.07, 6.45) is 0.974. The topological polar surface area (TPSA) is 37.8 Å². The van der Waals surface area contributed by atoms with Crippen LogP contribution in [0.15, 0.2) is 24.3 Å². The highest BCUT2D eigenvalue weighted by Gasteiger charge is 2.15. The Kier molecular flexibility index (Phi) is 3.86. The van der Waals surface area contributed by atoms with Gasteiger partial charge in [0.05, 0.1) is 10.6 Å². The van der Waals surface area contributed by atoms with Crippen molar-refractivity contribution in [1.82, 2.24) is 14.9 Å². The van der Waals surface area contributed by atoms with Crippen LogP contribution < -0.4 is 5.32 Å². The van der Waals surface area contributed by atoms with Crippen molar-refractivity contribution in [3.05, 3.63) is 46.0 Å². The van der Waals surface area contributed by atoms with Crippen LogP contribution in [0.5, 0.6) is 0 Å². The molecule has 0 aliphatic heterocycles. The second kappa shape index (κ2) is 5.38. The predicted octanol–water partition coefficient (Wildman–Crippen LogP) is 2.66. The summed E-state index contributed by atoms with van der Waals surface area (Å²) in [5.41, 5.74) is 3.66. The molecule has 1 N–H and O–H groups in total. The molecule has 4 heteroatoms. The molecule has 0 fully saturated rings. The summed E-state index contributed by atoms with van der Waals surface area (Å²) < 4.78 is 4.00. The molecule has 0 spiro atoms. The van der Waals surface area contributed by atoms with Gasteiger partial charge >= 0.3 is 0 Å². The van der Waals surface area contributed by atoms with Crippen molar-refractivity contribution in [2.75, 3.05) is 7.05 Å². The number of nitrogens with one attached hydrogen (secondary N) is 1. The molecule has 0 amide bonds. The van der Waals surface area contributed by atoms with E-state index in [0.717, 1.165) is 12.1 Å². The molecule has 0 saturated carbocycles. The average molecular weight is 247 g/mol. The van der Waals surface area contributed by atoms with Gasteiger partial charge in [0.2, 0.25) is 0 Å². The van der Waals surface area contributed by atoms with E-state index < -0.39 is 0 Å². The zero-order chi connectivity index (χ0) is 12.3. The Hall–Kier alpha value is -1.26. The van der Waals surface area contributed by atoms with E-state index in [2.05, 4.69) is 46.1 Å². The van der Waals surface area contributed by atoms with E-state index in [1.165, 1.54) is 27.5 Å². The fraction of sp³-hybridized carbons (Fsp3) is 0.385. The minimum atomic E-state index is 0.303. The maximum atomic E-state index is 4.07. The Morgan fingerprint density at radius 2 is 1.94 bits per heavy atom. The van der Waals surface area contributed by atoms with Gasteiger partial charge in [-0.15, -0.1) is 5.10 Å². The Morgan fingerprint density at radius 1 is 1.24 bits per heavy atom. The van der Waals surface area contributed by atoms with Gasteiger partial charge in [-0.1, -0.05) is 34.3 Å². The number of aryl methyl sites for hydroxylation is 2. The summed E-state index contributed by atoms with van der Waals surface area (Å²) in [5.74, 6) is 0. The van der Waals surface area contributed by atoms with E-state index >= 15 is 0 Å². The van der Waals surface area contributed by atoms with E-state index in [1.807, 2.05) is 14.0 Å². The molecular weight excluding hydrogens is 230 g/mol. The first-order valence-electron chi connectivity index (χ1n) is 5.72. The molecule has 0 saturated heterocycles. The SMILES string of the molecule is CNC(Cc1ccc(C)cc1)c1snnc1C. The number of likely N-dealkylation sites (N-methyl/N-ethyl adjacent to an activating group) is 1. The van der Waals surface area contributed by atoms with Crippen molar-refractivity contribution in [1.29, 1.82) is 0 Å². The lowest BCUT2D eigenvalue weighted by Gasteiger charge is -2.14. The molecule has 0 aliphatic carbocycles. The fourth-order valence-corrected chi connectivity index (χ4v) is 2.60. The number of aromatic nitrogens is 2. The van der Waals surface area contributed by atoms with Gasteiger partial charge in [-0.05, 0) is 44.4 Å². The molecule has 17 heavy (non-hydrogen) atoms. The molecule has 2 rings (SSSR count). The van der Waals surface area contributed by atoms with Crippen LogP contribution >= 0.6 is 11.5 Å². The van der Waals surface area contributed by atoms with Crippen molar-refractivity contribution in [3.63, 3.8) is 0 Å². The molecule has 1 atom stereocenters. The minimum absolute atomic E-state index is 0.303. The zero-order valence-electron chi connectivity index (χ0n) is 10.4. The first kappa shape index (κ1) is 12.2. The largest absolute Gasteiger partial charge is 0.312 e. The average Bonchev–Trinajstić information content (AvgIpc) is 2.75. The normalized spacial score (nSPS) is 12.6. The highest BCUT2D eigenvalue weighted by molar-refractivity contribution is 7.05. The smallest absolute Gasteiger partial charge is 0.0772 e. The maximum Gasteiger partial charge on any atom is 0.0772 e. The molecule has 1 aromatic heterocycles. The Labute approximate surface area is 106 Å². The lowest BCUT2D eigenvalue weighted by atomic mass is 10.0. The van der Waals surface area contributed by atoms with Crippen LogP contribution in [0.2, 0.25) is 0 Å². The van der Waals surface area contributed by atoms with Crippen LogP contribution in [0.25, 0.3) is 0 Å². The van der Waals surface area contributed by atoms with Gasteiger partial charge in [0, 0.05) is 6.04 Å². The summed E-state index contributed by atoms with van der Waals surface area (Å²) in [6, 6.07) is 8.98. The third-order valence-corrected chi connectivity index (χ3v) is 3.85. The standard InChI is InChI=1S/C13H17N3S/c1-9-4-6-11(7-5-9)8-12(14-3)13-10(2)15-16-17-13/h4-7,12,14H,8H2,1-3H3. The summed E-state index contributed by atoms with van der Waals surface area (Å²) in [7, 11) is 1.98. The van der Waals surface area contributed by atoms with Crippen LogP contribution in [-0.2, 0) is 6.42 Å². The van der Waals surface area contributed by atoms with Crippen LogP contribution in [0.3, 0.4) is 0 Å². The van der Waals surface area contributed by atoms with Crippen molar-refractivity contribution in [2.45, 2.75) is 26.3 Å². The quantitative estimate of drug-likeness (QED) is 0.902. The van der Waals surface area contributed by atoms with Crippen LogP contribution in [0.4, 0.5) is 0 Å². The second-order valence-corrected chi connectivity index (χ2v) is 5.04. The van der Waals surface area contributed by atoms with E-state index in [0.29, 0.717) is 6.04 Å². The van der Waals surface area contributed by atoms with Gasteiger partial charge in [0.1, 0.15) is 0 Å². The molecule has 0 radical (unpaired) electrons. The summed E-state index contributed by atoms with van der Waals surface area (Å²) in [6.45, 7) is 4.12. The van der Waals surface area contributed by atoms with Crippen molar-refractivity contribution >= 4 is 11.5 Å². The van der Waals surface area contributed by atoms with Gasteiger partial charge in [-0.3, -0.25) is 0 Å². The highest BCUT2D eigenvalue weighted by atomic mass is 32.1. The van der Waals surface area contributed by atoms with E-state index in [1.54, 1.807) is 0 Å². The third kappa shape index (κ3) is 2.90. The minimum Gasteiger partial charge on any atom is -0.312 e. The van der Waals surface area contributed by atoms with Gasteiger partial charge in [0.15, 0.2) is 0 Å². The van der Waals surface area contributed by atoms with E-state index in [9.17, 15) is 0 Å². The van der Waals surface area contributed by atoms with E-state index in [-0.39, 0.29) is 0 Å². The third-order valence-electron chi connectivity index (χ3n) is 2.91. The summed E-state index contributed by atoms with van der Waals surface area (Å²) in [5, 5.41) is 7.41. The summed E-state index contributed by atoms with van der Waals surface area (Å²) >= 11 is 1.48. The highest BCUT2D eigenvalue weighted by Crippen LogP contribution is 2.23. The van der Waals surface area contributed by atoms with Crippen LogP contribution in [0, 0.1) is 13.8 Å². The molecule has 3 nitrogen and oxygen atoms in total. The Morgan fingerprint density at radius 3 is 2.47 bits per heavy atom. The number of benzene rings is 1. The zero-order valence-corrected chi connectivity index (χ0v) is 11.2. The van der Waals surface area contributed by atoms with Crippen LogP contribution in [-0.4, -0.2) is 16.6 Å². The van der Waals surface area contributed by atoms with Crippen molar-refractivity contribution in [3.8, 4) is 0 Å². The first-order chi connectivity index (χ1) is 8.20. The lowest BCUT2D eigenvalue weighted by Crippen LogP contribution is -2.18. The molecule has 1 aromatic carbocycles. The van der Waals surface area contributed by atoms with Crippen molar-refractivity contribution < 1.29 is 0 Å². The molecule has 0 bridgehead atoms. The molecule has 1 heterocycles. The Bertz CT molecular complexity index is 476. The lowest BCUT2D eigenvalue weighted by molar-refractivity contribution is 0.597. The predicted molar refractivity (Wildman–Crippen MR) is 71.3 cm³/mol. The fourth-order valence-electron chi connectivity index (χ4n) is 1.84. The molecule has 90 valence electrons. The van der Waals surface area contributed by atoms with Crippen molar-refractivity contribution in [2.24, 2.45) is 0 Å². The number of hydrogen-bond acceptors (Lipinski definition) is 4. The number of rotatable bonds is 4. The van der Waals surface area contributed by atoms with E-state index in [4.69, 9.17) is 0 Å². The number of hydrogen-bond donors (Lipinski definition) is 1. The Balaban J connectivity index is 2.16. The molecule has 0 aliphatic rings. The molecule has 1 unspecified atom stereocenters. The van der Waals surface area contributed by atoms with Gasteiger partial charge in [-0.2, -0.15) is 0 Å². The first-order valence-corrected chi connectivity index (χ1v) is 6.49. The maximum absolute atomic E-state index is 4.07.